The third-order valence-corrected chi connectivity index (χ3v) is 6.01. The molecule has 8 heteroatoms. The zero-order valence-corrected chi connectivity index (χ0v) is 18.5. The smallest absolute Gasteiger partial charge is 0.251 e. The average Bonchev–Trinajstić information content (AvgIpc) is 2.69. The maximum absolute atomic E-state index is 12.8. The van der Waals surface area contributed by atoms with Gasteiger partial charge >= 0.3 is 0 Å². The van der Waals surface area contributed by atoms with Gasteiger partial charge in [-0.2, -0.15) is 0 Å². The van der Waals surface area contributed by atoms with Crippen LogP contribution >= 0.6 is 0 Å². The van der Waals surface area contributed by atoms with Gasteiger partial charge in [-0.1, -0.05) is 13.0 Å². The molecule has 0 aliphatic rings. The average molecular weight is 421 g/mol. The molecule has 0 fully saturated rings. The number of carbonyl (C=O) groups is 1. The highest BCUT2D eigenvalue weighted by Crippen LogP contribution is 2.31. The van der Waals surface area contributed by atoms with Crippen LogP contribution in [-0.2, 0) is 10.0 Å². The number of anilines is 1. The minimum Gasteiger partial charge on any atom is -0.493 e. The zero-order valence-electron chi connectivity index (χ0n) is 17.6. The van der Waals surface area contributed by atoms with Crippen LogP contribution in [0.4, 0.5) is 5.69 Å². The number of carbonyl (C=O) groups excluding carboxylic acids is 1. The van der Waals surface area contributed by atoms with Crippen molar-refractivity contribution in [2.24, 2.45) is 0 Å². The van der Waals surface area contributed by atoms with E-state index in [-0.39, 0.29) is 11.9 Å². The monoisotopic (exact) mass is 420 g/mol. The van der Waals surface area contributed by atoms with Gasteiger partial charge in [0.25, 0.3) is 5.91 Å². The molecule has 2 aromatic carbocycles. The molecule has 29 heavy (non-hydrogen) atoms. The van der Waals surface area contributed by atoms with Gasteiger partial charge in [0.2, 0.25) is 10.0 Å². The second kappa shape index (κ2) is 9.17. The Morgan fingerprint density at radius 2 is 1.76 bits per heavy atom. The topological polar surface area (TPSA) is 84.9 Å². The number of nitrogens with one attached hydrogen (secondary N) is 1. The third-order valence-electron chi connectivity index (χ3n) is 4.82. The molecular formula is C21H28N2O5S. The van der Waals surface area contributed by atoms with E-state index in [2.05, 4.69) is 5.32 Å². The van der Waals surface area contributed by atoms with Crippen LogP contribution in [0.3, 0.4) is 0 Å². The molecule has 0 bridgehead atoms. The van der Waals surface area contributed by atoms with Crippen LogP contribution in [0, 0.1) is 6.92 Å². The summed E-state index contributed by atoms with van der Waals surface area (Å²) in [6, 6.07) is 10.3. The second-order valence-corrected chi connectivity index (χ2v) is 8.79. The summed E-state index contributed by atoms with van der Waals surface area (Å²) in [6.45, 7) is 3.76. The molecule has 0 heterocycles. The Morgan fingerprint density at radius 3 is 2.28 bits per heavy atom. The first-order valence-electron chi connectivity index (χ1n) is 9.19. The number of hydrogen-bond acceptors (Lipinski definition) is 5. The molecule has 0 saturated carbocycles. The Hall–Kier alpha value is -2.74. The highest BCUT2D eigenvalue weighted by molar-refractivity contribution is 7.92. The van der Waals surface area contributed by atoms with E-state index in [1.165, 1.54) is 11.4 Å². The molecule has 0 aromatic heterocycles. The standard InChI is InChI=1S/C21H28N2O5S/c1-7-17(15-9-11-19(27-4)20(13-15)28-5)22-21(24)16-8-10-18(14(2)12-16)23(3)29(6,25)26/h8-13,17H,7H2,1-6H3,(H,22,24)/t17-/m0/s1. The van der Waals surface area contributed by atoms with E-state index < -0.39 is 10.0 Å². The number of nitrogens with zero attached hydrogens (tertiary/aromatic N) is 1. The summed E-state index contributed by atoms with van der Waals surface area (Å²) in [4.78, 5) is 12.8. The first-order valence-corrected chi connectivity index (χ1v) is 11.0. The van der Waals surface area contributed by atoms with Crippen molar-refractivity contribution in [2.45, 2.75) is 26.3 Å². The summed E-state index contributed by atoms with van der Waals surface area (Å²) < 4.78 is 35.3. The van der Waals surface area contributed by atoms with Crippen molar-refractivity contribution in [3.05, 3.63) is 53.1 Å². The Morgan fingerprint density at radius 1 is 1.10 bits per heavy atom. The van der Waals surface area contributed by atoms with Crippen molar-refractivity contribution < 1.29 is 22.7 Å². The van der Waals surface area contributed by atoms with Gasteiger partial charge in [0.15, 0.2) is 11.5 Å². The van der Waals surface area contributed by atoms with Crippen molar-refractivity contribution in [1.82, 2.24) is 5.32 Å². The fourth-order valence-corrected chi connectivity index (χ4v) is 3.62. The molecule has 1 atom stereocenters. The minimum atomic E-state index is -3.37. The van der Waals surface area contributed by atoms with Crippen molar-refractivity contribution in [2.75, 3.05) is 31.8 Å². The molecule has 1 N–H and O–H groups in total. The number of aryl methyl sites for hydroxylation is 1. The quantitative estimate of drug-likeness (QED) is 0.708. The summed E-state index contributed by atoms with van der Waals surface area (Å²) >= 11 is 0. The van der Waals surface area contributed by atoms with Gasteiger partial charge in [-0.25, -0.2) is 8.42 Å². The summed E-state index contributed by atoms with van der Waals surface area (Å²) in [5.41, 5.74) is 2.61. The summed E-state index contributed by atoms with van der Waals surface area (Å²) in [6.07, 6.45) is 1.83. The minimum absolute atomic E-state index is 0.207. The third kappa shape index (κ3) is 5.20. The number of benzene rings is 2. The van der Waals surface area contributed by atoms with Crippen LogP contribution < -0.4 is 19.1 Å². The normalized spacial score (nSPS) is 12.2. The lowest BCUT2D eigenvalue weighted by Gasteiger charge is -2.21. The zero-order chi connectivity index (χ0) is 21.8. The lowest BCUT2D eigenvalue weighted by molar-refractivity contribution is 0.0935. The van der Waals surface area contributed by atoms with E-state index in [1.54, 1.807) is 39.3 Å². The Labute approximate surface area is 172 Å². The Kier molecular flexibility index (Phi) is 7.13. The molecule has 2 rings (SSSR count). The van der Waals surface area contributed by atoms with Gasteiger partial charge in [0.1, 0.15) is 0 Å². The van der Waals surface area contributed by atoms with Gasteiger partial charge in [-0.05, 0) is 54.8 Å². The van der Waals surface area contributed by atoms with Crippen LogP contribution in [0.25, 0.3) is 0 Å². The van der Waals surface area contributed by atoms with Gasteiger partial charge in [-0.3, -0.25) is 9.10 Å². The van der Waals surface area contributed by atoms with Crippen LogP contribution in [0.5, 0.6) is 11.5 Å². The molecule has 0 aliphatic heterocycles. The van der Waals surface area contributed by atoms with E-state index in [0.29, 0.717) is 34.7 Å². The first kappa shape index (κ1) is 22.5. The summed E-state index contributed by atoms with van der Waals surface area (Å²) in [7, 11) is 1.26. The maximum Gasteiger partial charge on any atom is 0.251 e. The number of methoxy groups -OCH3 is 2. The molecule has 0 unspecified atom stereocenters. The van der Waals surface area contributed by atoms with Gasteiger partial charge in [0, 0.05) is 12.6 Å². The largest absolute Gasteiger partial charge is 0.493 e. The van der Waals surface area contributed by atoms with Crippen LogP contribution in [0.15, 0.2) is 36.4 Å². The maximum atomic E-state index is 12.8. The van der Waals surface area contributed by atoms with Crippen molar-refractivity contribution >= 4 is 21.6 Å². The highest BCUT2D eigenvalue weighted by atomic mass is 32.2. The molecule has 1 amide bonds. The molecule has 0 saturated heterocycles. The number of sulfonamides is 1. The van der Waals surface area contributed by atoms with E-state index in [1.807, 2.05) is 25.1 Å². The molecule has 158 valence electrons. The predicted molar refractivity (Wildman–Crippen MR) is 114 cm³/mol. The lowest BCUT2D eigenvalue weighted by atomic mass is 10.0. The van der Waals surface area contributed by atoms with E-state index >= 15 is 0 Å². The van der Waals surface area contributed by atoms with E-state index in [4.69, 9.17) is 9.47 Å². The first-order chi connectivity index (χ1) is 13.6. The van der Waals surface area contributed by atoms with Crippen LogP contribution in [0.1, 0.15) is 40.9 Å². The van der Waals surface area contributed by atoms with Crippen molar-refractivity contribution in [1.29, 1.82) is 0 Å². The molecular weight excluding hydrogens is 392 g/mol. The number of rotatable bonds is 8. The van der Waals surface area contributed by atoms with Crippen molar-refractivity contribution in [3.8, 4) is 11.5 Å². The number of hydrogen-bond donors (Lipinski definition) is 1. The van der Waals surface area contributed by atoms with Gasteiger partial charge < -0.3 is 14.8 Å². The fraction of sp³-hybridized carbons (Fsp3) is 0.381. The number of amides is 1. The molecule has 0 aliphatic carbocycles. The lowest BCUT2D eigenvalue weighted by Crippen LogP contribution is -2.29. The van der Waals surface area contributed by atoms with Crippen LogP contribution in [-0.4, -0.2) is 41.8 Å². The van der Waals surface area contributed by atoms with Crippen molar-refractivity contribution in [3.63, 3.8) is 0 Å². The van der Waals surface area contributed by atoms with Gasteiger partial charge in [0.05, 0.1) is 32.2 Å². The highest BCUT2D eigenvalue weighted by Gasteiger charge is 2.19. The van der Waals surface area contributed by atoms with Crippen LogP contribution in [0.2, 0.25) is 0 Å². The molecule has 2 aromatic rings. The molecule has 0 spiro atoms. The van der Waals surface area contributed by atoms with E-state index in [0.717, 1.165) is 11.8 Å². The SMILES string of the molecule is CC[C@H](NC(=O)c1ccc(N(C)S(C)(=O)=O)c(C)c1)c1ccc(OC)c(OC)c1. The summed E-state index contributed by atoms with van der Waals surface area (Å²) in [5.74, 6) is 0.989. The molecule has 7 nitrogen and oxygen atoms in total. The summed E-state index contributed by atoms with van der Waals surface area (Å²) in [5, 5.41) is 3.03. The van der Waals surface area contributed by atoms with Gasteiger partial charge in [-0.15, -0.1) is 0 Å². The fourth-order valence-electron chi connectivity index (χ4n) is 3.06. The second-order valence-electron chi connectivity index (χ2n) is 6.78. The Balaban J connectivity index is 2.25. The molecule has 0 radical (unpaired) electrons. The number of ether oxygens (including phenoxy) is 2. The Bertz CT molecular complexity index is 989. The van der Waals surface area contributed by atoms with E-state index in [9.17, 15) is 13.2 Å². The predicted octanol–water partition coefficient (Wildman–Crippen LogP) is 3.29.